The van der Waals surface area contributed by atoms with E-state index in [1.165, 1.54) is 23.1 Å². The number of ketones is 1. The molecule has 0 fully saturated rings. The number of nitrogens with zero attached hydrogens (tertiary/aromatic N) is 1. The van der Waals surface area contributed by atoms with Crippen molar-refractivity contribution in [3.05, 3.63) is 53.6 Å². The first-order valence-electron chi connectivity index (χ1n) is 6.51. The number of benzene rings is 2. The van der Waals surface area contributed by atoms with Gasteiger partial charge in [0.25, 0.3) is 11.7 Å². The third kappa shape index (κ3) is 3.38. The number of phenolic OH excluding ortho intramolecular Hbond substituents is 1. The first-order chi connectivity index (χ1) is 10.8. The minimum atomic E-state index is -4.71. The molecule has 0 saturated carbocycles. The fourth-order valence-corrected chi connectivity index (χ4v) is 2.93. The molecule has 1 heterocycles. The molecule has 0 unspecified atom stereocenters. The van der Waals surface area contributed by atoms with Gasteiger partial charge in [0.05, 0.1) is 22.7 Å². The maximum Gasteiger partial charge on any atom is 1.00 e. The molecule has 0 saturated heterocycles. The van der Waals surface area contributed by atoms with E-state index >= 15 is 0 Å². The topological polar surface area (TPSA) is 115 Å². The molecule has 7 nitrogen and oxygen atoms in total. The van der Waals surface area contributed by atoms with Crippen molar-refractivity contribution in [2.45, 2.75) is 11.4 Å². The van der Waals surface area contributed by atoms with Crippen LogP contribution in [0.2, 0.25) is 0 Å². The number of rotatable bonds is 3. The Hall–Kier alpha value is -1.71. The molecule has 1 amide bonds. The molecule has 0 aliphatic carbocycles. The van der Waals surface area contributed by atoms with E-state index in [0.29, 0.717) is 5.56 Å². The zero-order valence-electron chi connectivity index (χ0n) is 12.6. The van der Waals surface area contributed by atoms with Crippen LogP contribution in [0.4, 0.5) is 5.69 Å². The van der Waals surface area contributed by atoms with Gasteiger partial charge >= 0.3 is 29.6 Å². The van der Waals surface area contributed by atoms with Crippen molar-refractivity contribution in [1.82, 2.24) is 0 Å². The maximum absolute atomic E-state index is 12.1. The fraction of sp³-hybridized carbons (Fsp3) is 0.0667. The van der Waals surface area contributed by atoms with E-state index in [1.807, 2.05) is 0 Å². The number of anilines is 1. The Kier molecular flexibility index (Phi) is 5.17. The Morgan fingerprint density at radius 3 is 2.42 bits per heavy atom. The van der Waals surface area contributed by atoms with Crippen LogP contribution in [-0.4, -0.2) is 29.8 Å². The van der Waals surface area contributed by atoms with Gasteiger partial charge in [0.2, 0.25) is 0 Å². The molecular formula is C15H10NNaO6S. The molecular weight excluding hydrogens is 345 g/mol. The van der Waals surface area contributed by atoms with Gasteiger partial charge in [0.1, 0.15) is 15.9 Å². The van der Waals surface area contributed by atoms with Gasteiger partial charge in [-0.25, -0.2) is 8.42 Å². The smallest absolute Gasteiger partial charge is 0.744 e. The first-order valence-corrected chi connectivity index (χ1v) is 7.92. The minimum Gasteiger partial charge on any atom is -0.744 e. The van der Waals surface area contributed by atoms with Crippen LogP contribution in [0.1, 0.15) is 15.9 Å². The number of carbonyl (C=O) groups is 2. The number of fused-ring (bicyclic) bond motifs is 1. The summed E-state index contributed by atoms with van der Waals surface area (Å²) in [5, 5.41) is 9.45. The predicted molar refractivity (Wildman–Crippen MR) is 78.0 cm³/mol. The monoisotopic (exact) mass is 355 g/mol. The molecule has 2 aromatic carbocycles. The summed E-state index contributed by atoms with van der Waals surface area (Å²) in [6.07, 6.45) is 0. The SMILES string of the molecule is O=C1C(=O)N(Cc2cccc(O)c2)c2ccc(S(=O)(=O)[O-])cc21.[Na+]. The summed E-state index contributed by atoms with van der Waals surface area (Å²) in [7, 11) is -4.71. The fourth-order valence-electron chi connectivity index (χ4n) is 2.43. The van der Waals surface area contributed by atoms with E-state index in [9.17, 15) is 27.7 Å². The normalized spacial score (nSPS) is 13.6. The van der Waals surface area contributed by atoms with Crippen LogP contribution in [0, 0.1) is 0 Å². The van der Waals surface area contributed by atoms with Gasteiger partial charge in [-0.15, -0.1) is 0 Å². The van der Waals surface area contributed by atoms with Crippen molar-refractivity contribution >= 4 is 27.5 Å². The van der Waals surface area contributed by atoms with E-state index in [4.69, 9.17) is 0 Å². The molecule has 9 heteroatoms. The molecule has 0 atom stereocenters. The predicted octanol–water partition coefficient (Wildman–Crippen LogP) is -1.97. The zero-order valence-corrected chi connectivity index (χ0v) is 15.4. The van der Waals surface area contributed by atoms with Crippen molar-refractivity contribution in [2.24, 2.45) is 0 Å². The maximum atomic E-state index is 12.1. The van der Waals surface area contributed by atoms with Crippen LogP contribution in [-0.2, 0) is 21.5 Å². The first kappa shape index (κ1) is 18.6. The quantitative estimate of drug-likeness (QED) is 0.388. The number of aromatic hydroxyl groups is 1. The summed E-state index contributed by atoms with van der Waals surface area (Å²) in [6, 6.07) is 9.42. The van der Waals surface area contributed by atoms with Gasteiger partial charge in [-0.3, -0.25) is 9.59 Å². The zero-order chi connectivity index (χ0) is 16.8. The average molecular weight is 355 g/mol. The minimum absolute atomic E-state index is 0. The van der Waals surface area contributed by atoms with E-state index in [0.717, 1.165) is 12.1 Å². The summed E-state index contributed by atoms with van der Waals surface area (Å²) in [4.78, 5) is 24.7. The standard InChI is InChI=1S/C15H11NO6S.Na/c17-10-3-1-2-9(6-10)8-16-13-5-4-11(23(20,21)22)7-12(13)14(18)15(16)19;/h1-7,17H,8H2,(H,20,21,22);/q;+1/p-1. The number of Topliss-reactive ketones (excluding diaryl/α,β-unsaturated/α-hetero) is 1. The molecule has 3 rings (SSSR count). The second-order valence-corrected chi connectivity index (χ2v) is 6.40. The summed E-state index contributed by atoms with van der Waals surface area (Å²) in [5.74, 6) is -1.66. The largest absolute Gasteiger partial charge is 1.00 e. The van der Waals surface area contributed by atoms with Gasteiger partial charge in [-0.1, -0.05) is 12.1 Å². The van der Waals surface area contributed by atoms with Crippen molar-refractivity contribution in [3.63, 3.8) is 0 Å². The van der Waals surface area contributed by atoms with Crippen LogP contribution in [0.15, 0.2) is 47.4 Å². The molecule has 0 spiro atoms. The molecule has 0 aromatic heterocycles. The summed E-state index contributed by atoms with van der Waals surface area (Å²) < 4.78 is 33.1. The molecule has 1 aliphatic rings. The molecule has 2 aromatic rings. The summed E-state index contributed by atoms with van der Waals surface area (Å²) in [5.41, 5.74) is 0.711. The molecule has 1 aliphatic heterocycles. The second-order valence-electron chi connectivity index (χ2n) is 5.02. The number of amides is 1. The number of hydrogen-bond donors (Lipinski definition) is 1. The Morgan fingerprint density at radius 2 is 1.79 bits per heavy atom. The van der Waals surface area contributed by atoms with E-state index < -0.39 is 26.7 Å². The molecule has 24 heavy (non-hydrogen) atoms. The summed E-state index contributed by atoms with van der Waals surface area (Å²) >= 11 is 0. The van der Waals surface area contributed by atoms with Crippen LogP contribution in [0.5, 0.6) is 5.75 Å². The van der Waals surface area contributed by atoms with Crippen molar-refractivity contribution in [1.29, 1.82) is 0 Å². The third-order valence-corrected chi connectivity index (χ3v) is 4.31. The van der Waals surface area contributed by atoms with Gasteiger partial charge in [0, 0.05) is 0 Å². The molecule has 1 N–H and O–H groups in total. The van der Waals surface area contributed by atoms with Gasteiger partial charge in [0.15, 0.2) is 0 Å². The van der Waals surface area contributed by atoms with Crippen LogP contribution in [0.25, 0.3) is 0 Å². The Labute approximate surface area is 159 Å². The van der Waals surface area contributed by atoms with Gasteiger partial charge in [-0.05, 0) is 35.9 Å². The van der Waals surface area contributed by atoms with Crippen molar-refractivity contribution < 1.29 is 57.2 Å². The molecule has 0 bridgehead atoms. The third-order valence-electron chi connectivity index (χ3n) is 3.48. The molecule has 0 radical (unpaired) electrons. The summed E-state index contributed by atoms with van der Waals surface area (Å²) in [6.45, 7) is 0.0371. The number of phenols is 1. The Bertz CT molecular complexity index is 941. The second kappa shape index (κ2) is 6.66. The van der Waals surface area contributed by atoms with E-state index in [-0.39, 0.29) is 53.1 Å². The number of hydrogen-bond acceptors (Lipinski definition) is 6. The number of carbonyl (C=O) groups excluding carboxylic acids is 2. The molecule has 118 valence electrons. The van der Waals surface area contributed by atoms with Gasteiger partial charge < -0.3 is 14.6 Å². The van der Waals surface area contributed by atoms with E-state index in [1.54, 1.807) is 12.1 Å². The van der Waals surface area contributed by atoms with Crippen molar-refractivity contribution in [3.8, 4) is 5.75 Å². The van der Waals surface area contributed by atoms with Crippen molar-refractivity contribution in [2.75, 3.05) is 4.90 Å². The average Bonchev–Trinajstić information content (AvgIpc) is 2.71. The Balaban J connectivity index is 0.00000208. The van der Waals surface area contributed by atoms with Crippen LogP contribution in [0.3, 0.4) is 0 Å². The van der Waals surface area contributed by atoms with E-state index in [2.05, 4.69) is 0 Å². The Morgan fingerprint density at radius 1 is 1.08 bits per heavy atom. The van der Waals surface area contributed by atoms with Crippen LogP contribution >= 0.6 is 0 Å². The van der Waals surface area contributed by atoms with Gasteiger partial charge in [-0.2, -0.15) is 0 Å². The van der Waals surface area contributed by atoms with Crippen LogP contribution < -0.4 is 34.5 Å².